The van der Waals surface area contributed by atoms with Crippen LogP contribution in [-0.4, -0.2) is 39.8 Å². The zero-order valence-electron chi connectivity index (χ0n) is 19.4. The fraction of sp³-hybridized carbons (Fsp3) is 0.370. The number of benzene rings is 2. The highest BCUT2D eigenvalue weighted by molar-refractivity contribution is 7.99. The lowest BCUT2D eigenvalue weighted by molar-refractivity contribution is -0.142. The summed E-state index contributed by atoms with van der Waals surface area (Å²) in [6, 6.07) is 20.2. The molecule has 1 saturated carbocycles. The normalized spacial score (nSPS) is 17.7. The maximum absolute atomic E-state index is 10.7. The molecule has 0 aliphatic heterocycles. The number of ether oxygens (including phenoxy) is 1. The van der Waals surface area contributed by atoms with Crippen molar-refractivity contribution in [2.24, 2.45) is 11.8 Å². The van der Waals surface area contributed by atoms with Gasteiger partial charge in [0.2, 0.25) is 0 Å². The highest BCUT2D eigenvalue weighted by atomic mass is 35.5. The third-order valence-electron chi connectivity index (χ3n) is 6.32. The molecule has 4 rings (SSSR count). The van der Waals surface area contributed by atoms with Crippen LogP contribution >= 0.6 is 23.4 Å². The number of rotatable bonds is 10. The highest BCUT2D eigenvalue weighted by Crippen LogP contribution is 2.41. The maximum atomic E-state index is 10.7. The lowest BCUT2D eigenvalue weighted by atomic mass is 9.82. The number of thioether (sulfide) groups is 1. The summed E-state index contributed by atoms with van der Waals surface area (Å²) >= 11 is 7.86. The SMILES string of the molecule is N#CCSc1c(-c2cccc(Cl)c2)c(-c2ccccc2)nn1C[C@H]1CC[C@H](COCC(=O)O)CC1. The van der Waals surface area contributed by atoms with Crippen LogP contribution in [0.5, 0.6) is 0 Å². The molecule has 35 heavy (non-hydrogen) atoms. The van der Waals surface area contributed by atoms with Gasteiger partial charge in [-0.2, -0.15) is 10.4 Å². The van der Waals surface area contributed by atoms with Crippen molar-refractivity contribution >= 4 is 29.3 Å². The molecule has 1 N–H and O–H groups in total. The maximum Gasteiger partial charge on any atom is 0.329 e. The molecular formula is C27H28ClN3O3S. The molecule has 1 aromatic heterocycles. The van der Waals surface area contributed by atoms with Crippen molar-refractivity contribution in [3.8, 4) is 28.5 Å². The van der Waals surface area contributed by atoms with E-state index in [0.717, 1.165) is 59.6 Å². The molecule has 1 fully saturated rings. The van der Waals surface area contributed by atoms with Crippen LogP contribution < -0.4 is 0 Å². The number of aliphatic carboxylic acids is 1. The molecule has 0 saturated heterocycles. The van der Waals surface area contributed by atoms with Crippen molar-refractivity contribution in [2.75, 3.05) is 19.0 Å². The van der Waals surface area contributed by atoms with Gasteiger partial charge >= 0.3 is 5.97 Å². The van der Waals surface area contributed by atoms with Crippen LogP contribution in [0.3, 0.4) is 0 Å². The van der Waals surface area contributed by atoms with Crippen LogP contribution in [-0.2, 0) is 16.1 Å². The van der Waals surface area contributed by atoms with Crippen LogP contribution in [0.1, 0.15) is 25.7 Å². The third kappa shape index (κ3) is 6.66. The molecular weight excluding hydrogens is 482 g/mol. The zero-order chi connectivity index (χ0) is 24.6. The van der Waals surface area contributed by atoms with Crippen molar-refractivity contribution in [3.05, 3.63) is 59.6 Å². The first-order valence-electron chi connectivity index (χ1n) is 11.8. The van der Waals surface area contributed by atoms with Crippen LogP contribution in [0.2, 0.25) is 5.02 Å². The minimum Gasteiger partial charge on any atom is -0.480 e. The first-order chi connectivity index (χ1) is 17.0. The summed E-state index contributed by atoms with van der Waals surface area (Å²) in [5.74, 6) is 0.270. The van der Waals surface area contributed by atoms with E-state index in [2.05, 4.69) is 22.9 Å². The molecule has 1 aliphatic rings. The Labute approximate surface area is 214 Å². The summed E-state index contributed by atoms with van der Waals surface area (Å²) in [6.07, 6.45) is 4.10. The van der Waals surface area contributed by atoms with Crippen LogP contribution in [0, 0.1) is 23.2 Å². The first kappa shape index (κ1) is 25.3. The molecule has 3 aromatic rings. The second-order valence-corrected chi connectivity index (χ2v) is 10.2. The van der Waals surface area contributed by atoms with E-state index in [1.54, 1.807) is 0 Å². The van der Waals surface area contributed by atoms with Gasteiger partial charge in [-0.25, -0.2) is 4.79 Å². The van der Waals surface area contributed by atoms with E-state index < -0.39 is 5.97 Å². The summed E-state index contributed by atoms with van der Waals surface area (Å²) in [6.45, 7) is 1.04. The highest BCUT2D eigenvalue weighted by Gasteiger charge is 2.26. The molecule has 0 spiro atoms. The Morgan fingerprint density at radius 3 is 2.51 bits per heavy atom. The van der Waals surface area contributed by atoms with Crippen LogP contribution in [0.25, 0.3) is 22.4 Å². The Morgan fingerprint density at radius 2 is 1.83 bits per heavy atom. The molecule has 6 nitrogen and oxygen atoms in total. The van der Waals surface area contributed by atoms with E-state index in [1.807, 2.05) is 42.5 Å². The molecule has 1 aliphatic carbocycles. The number of halogens is 1. The van der Waals surface area contributed by atoms with Gasteiger partial charge in [-0.3, -0.25) is 4.68 Å². The quantitative estimate of drug-likeness (QED) is 0.318. The largest absolute Gasteiger partial charge is 0.480 e. The van der Waals surface area contributed by atoms with E-state index >= 15 is 0 Å². The monoisotopic (exact) mass is 509 g/mol. The summed E-state index contributed by atoms with van der Waals surface area (Å²) in [5, 5.41) is 24.8. The summed E-state index contributed by atoms with van der Waals surface area (Å²) in [4.78, 5) is 10.7. The van der Waals surface area contributed by atoms with Crippen molar-refractivity contribution in [3.63, 3.8) is 0 Å². The number of carbonyl (C=O) groups is 1. The number of aromatic nitrogens is 2. The molecule has 8 heteroatoms. The second kappa shape index (κ2) is 12.3. The Kier molecular flexibility index (Phi) is 8.86. The second-order valence-electron chi connectivity index (χ2n) is 8.83. The number of carboxylic acids is 1. The van der Waals surface area contributed by atoms with Crippen molar-refractivity contribution < 1.29 is 14.6 Å². The number of carboxylic acid groups (broad SMARTS) is 1. The average molecular weight is 510 g/mol. The number of hydrogen-bond acceptors (Lipinski definition) is 5. The van der Waals surface area contributed by atoms with E-state index in [1.165, 1.54) is 11.8 Å². The average Bonchev–Trinajstić information content (AvgIpc) is 3.22. The summed E-state index contributed by atoms with van der Waals surface area (Å²) < 4.78 is 7.39. The summed E-state index contributed by atoms with van der Waals surface area (Å²) in [5.41, 5.74) is 3.92. The van der Waals surface area contributed by atoms with Crippen molar-refractivity contribution in [2.45, 2.75) is 37.3 Å². The molecule has 0 amide bonds. The predicted molar refractivity (Wildman–Crippen MR) is 138 cm³/mol. The van der Waals surface area contributed by atoms with Crippen LogP contribution in [0.4, 0.5) is 0 Å². The Balaban J connectivity index is 1.61. The Hall–Kier alpha value is -2.79. The van der Waals surface area contributed by atoms with Gasteiger partial charge in [0.25, 0.3) is 0 Å². The van der Waals surface area contributed by atoms with E-state index in [0.29, 0.717) is 29.2 Å². The van der Waals surface area contributed by atoms with Gasteiger partial charge in [0.15, 0.2) is 0 Å². The Bertz CT molecular complexity index is 1180. The summed E-state index contributed by atoms with van der Waals surface area (Å²) in [7, 11) is 0. The topological polar surface area (TPSA) is 88.1 Å². The molecule has 0 atom stereocenters. The molecule has 182 valence electrons. The predicted octanol–water partition coefficient (Wildman–Crippen LogP) is 6.39. The van der Waals surface area contributed by atoms with Crippen molar-refractivity contribution in [1.29, 1.82) is 5.26 Å². The van der Waals surface area contributed by atoms with Gasteiger partial charge in [-0.05, 0) is 55.2 Å². The minimum atomic E-state index is -0.926. The van der Waals surface area contributed by atoms with Gasteiger partial charge in [-0.1, -0.05) is 65.8 Å². The van der Waals surface area contributed by atoms with E-state index in [9.17, 15) is 10.1 Å². The van der Waals surface area contributed by atoms with Crippen LogP contribution in [0.15, 0.2) is 59.6 Å². The molecule has 0 unspecified atom stereocenters. The van der Waals surface area contributed by atoms with Gasteiger partial charge in [0, 0.05) is 22.7 Å². The standard InChI is InChI=1S/C27H28ClN3O3S/c28-23-8-4-7-22(15-23)25-26(21-5-2-1-3-6-21)30-31(27(25)35-14-13-29)16-19-9-11-20(12-10-19)17-34-18-24(32)33/h1-8,15,19-20H,9-12,14,16-18H2,(H,32,33)/t19-,20-. The smallest absolute Gasteiger partial charge is 0.329 e. The van der Waals surface area contributed by atoms with Gasteiger partial charge in [0.05, 0.1) is 18.4 Å². The minimum absolute atomic E-state index is 0.235. The third-order valence-corrected chi connectivity index (χ3v) is 7.51. The zero-order valence-corrected chi connectivity index (χ0v) is 21.0. The van der Waals surface area contributed by atoms with Crippen molar-refractivity contribution in [1.82, 2.24) is 9.78 Å². The lowest BCUT2D eigenvalue weighted by Gasteiger charge is -2.28. The first-order valence-corrected chi connectivity index (χ1v) is 13.1. The number of nitriles is 1. The fourth-order valence-electron chi connectivity index (χ4n) is 4.66. The molecule has 2 aromatic carbocycles. The number of nitrogens with zero attached hydrogens (tertiary/aromatic N) is 3. The molecule has 0 radical (unpaired) electrons. The van der Waals surface area contributed by atoms with Gasteiger partial charge in [0.1, 0.15) is 17.3 Å². The van der Waals surface area contributed by atoms with Gasteiger partial charge in [-0.15, -0.1) is 0 Å². The molecule has 0 bridgehead atoms. The number of hydrogen-bond donors (Lipinski definition) is 1. The van der Waals surface area contributed by atoms with Gasteiger partial charge < -0.3 is 9.84 Å². The Morgan fingerprint density at radius 1 is 1.11 bits per heavy atom. The molecule has 1 heterocycles. The lowest BCUT2D eigenvalue weighted by Crippen LogP contribution is -2.23. The van der Waals surface area contributed by atoms with E-state index in [4.69, 9.17) is 26.5 Å². The van der Waals surface area contributed by atoms with E-state index in [-0.39, 0.29) is 6.61 Å². The fourth-order valence-corrected chi connectivity index (χ4v) is 5.67.